The van der Waals surface area contributed by atoms with Crippen LogP contribution in [0.15, 0.2) is 11.4 Å². The Bertz CT molecular complexity index is 416. The quantitative estimate of drug-likeness (QED) is 0.746. The van der Waals surface area contributed by atoms with Gasteiger partial charge in [0.05, 0.1) is 6.04 Å². The van der Waals surface area contributed by atoms with Crippen molar-refractivity contribution >= 4 is 17.2 Å². The summed E-state index contributed by atoms with van der Waals surface area (Å²) in [5.41, 5.74) is 1.10. The molecule has 17 heavy (non-hydrogen) atoms. The summed E-state index contributed by atoms with van der Waals surface area (Å²) in [6.07, 6.45) is 2.02. The number of carbonyl (C=O) groups is 1. The lowest BCUT2D eigenvalue weighted by atomic mass is 9.90. The van der Waals surface area contributed by atoms with Crippen molar-refractivity contribution in [2.45, 2.75) is 46.6 Å². The van der Waals surface area contributed by atoms with Crippen LogP contribution in [0.1, 0.15) is 50.6 Å². The average Bonchev–Trinajstić information content (AvgIpc) is 2.73. The zero-order valence-corrected chi connectivity index (χ0v) is 11.9. The standard InChI is InChI=1S/C14H21NOS/c1-5-11-10-7-9-17-12(10)6-8-15(11)13(16)14(2,3)4/h7,9,11H,5-6,8H2,1-4H3. The van der Waals surface area contributed by atoms with E-state index in [4.69, 9.17) is 0 Å². The Labute approximate surface area is 108 Å². The van der Waals surface area contributed by atoms with Crippen molar-refractivity contribution in [3.63, 3.8) is 0 Å². The van der Waals surface area contributed by atoms with Crippen molar-refractivity contribution in [1.29, 1.82) is 0 Å². The van der Waals surface area contributed by atoms with Crippen molar-refractivity contribution in [2.75, 3.05) is 6.54 Å². The van der Waals surface area contributed by atoms with Crippen molar-refractivity contribution < 1.29 is 4.79 Å². The van der Waals surface area contributed by atoms with E-state index in [0.29, 0.717) is 0 Å². The first-order valence-corrected chi connectivity index (χ1v) is 7.20. The van der Waals surface area contributed by atoms with Gasteiger partial charge >= 0.3 is 0 Å². The Hall–Kier alpha value is -0.830. The van der Waals surface area contributed by atoms with Gasteiger partial charge in [-0.1, -0.05) is 27.7 Å². The molecule has 1 aliphatic rings. The maximum atomic E-state index is 12.4. The normalized spacial score (nSPS) is 20.2. The molecule has 1 aromatic heterocycles. The van der Waals surface area contributed by atoms with E-state index in [9.17, 15) is 4.79 Å². The number of rotatable bonds is 1. The lowest BCUT2D eigenvalue weighted by Gasteiger charge is -2.39. The lowest BCUT2D eigenvalue weighted by molar-refractivity contribution is -0.142. The van der Waals surface area contributed by atoms with E-state index in [1.165, 1.54) is 10.4 Å². The number of amides is 1. The molecule has 94 valence electrons. The molecule has 0 radical (unpaired) electrons. The fourth-order valence-electron chi connectivity index (χ4n) is 2.51. The highest BCUT2D eigenvalue weighted by atomic mass is 32.1. The molecule has 0 fully saturated rings. The van der Waals surface area contributed by atoms with E-state index in [1.807, 2.05) is 32.1 Å². The summed E-state index contributed by atoms with van der Waals surface area (Å²) >= 11 is 1.83. The van der Waals surface area contributed by atoms with Gasteiger partial charge in [0.15, 0.2) is 0 Å². The van der Waals surface area contributed by atoms with Crippen LogP contribution >= 0.6 is 11.3 Å². The van der Waals surface area contributed by atoms with Crippen LogP contribution in [0.25, 0.3) is 0 Å². The number of thiophene rings is 1. The van der Waals surface area contributed by atoms with Gasteiger partial charge in [-0.15, -0.1) is 11.3 Å². The molecule has 0 saturated heterocycles. The molecule has 0 bridgehead atoms. The largest absolute Gasteiger partial charge is 0.335 e. The van der Waals surface area contributed by atoms with Crippen molar-refractivity contribution in [1.82, 2.24) is 4.90 Å². The minimum absolute atomic E-state index is 0.277. The Morgan fingerprint density at radius 2 is 2.24 bits per heavy atom. The maximum absolute atomic E-state index is 12.4. The topological polar surface area (TPSA) is 20.3 Å². The number of fused-ring (bicyclic) bond motifs is 1. The lowest BCUT2D eigenvalue weighted by Crippen LogP contribution is -2.44. The molecule has 1 atom stereocenters. The van der Waals surface area contributed by atoms with Crippen molar-refractivity contribution in [3.05, 3.63) is 21.9 Å². The Morgan fingerprint density at radius 3 is 2.82 bits per heavy atom. The number of carbonyl (C=O) groups excluding carboxylic acids is 1. The van der Waals surface area contributed by atoms with Crippen molar-refractivity contribution in [3.8, 4) is 0 Å². The molecule has 2 heterocycles. The highest BCUT2D eigenvalue weighted by Gasteiger charge is 2.35. The molecule has 1 unspecified atom stereocenters. The molecular weight excluding hydrogens is 230 g/mol. The first-order valence-electron chi connectivity index (χ1n) is 6.32. The van der Waals surface area contributed by atoms with Crippen molar-refractivity contribution in [2.24, 2.45) is 5.41 Å². The molecule has 1 aliphatic heterocycles. The molecule has 1 amide bonds. The predicted octanol–water partition coefficient (Wildman–Crippen LogP) is 3.63. The highest BCUT2D eigenvalue weighted by Crippen LogP contribution is 2.37. The van der Waals surface area contributed by atoms with Crippen LogP contribution in [-0.2, 0) is 11.2 Å². The second kappa shape index (κ2) is 4.45. The summed E-state index contributed by atoms with van der Waals surface area (Å²) in [7, 11) is 0. The van der Waals surface area contributed by atoms with Crippen LogP contribution in [0.5, 0.6) is 0 Å². The number of nitrogens with zero attached hydrogens (tertiary/aromatic N) is 1. The van der Waals surface area contributed by atoms with E-state index in [0.717, 1.165) is 19.4 Å². The predicted molar refractivity (Wildman–Crippen MR) is 72.2 cm³/mol. The summed E-state index contributed by atoms with van der Waals surface area (Å²) in [6, 6.07) is 2.48. The zero-order valence-electron chi connectivity index (χ0n) is 11.1. The number of hydrogen-bond donors (Lipinski definition) is 0. The Balaban J connectivity index is 2.30. The van der Waals surface area contributed by atoms with E-state index in [2.05, 4.69) is 23.3 Å². The third-order valence-corrected chi connectivity index (χ3v) is 4.38. The second-order valence-electron chi connectivity index (χ2n) is 5.72. The van der Waals surface area contributed by atoms with Crippen LogP contribution in [-0.4, -0.2) is 17.4 Å². The molecule has 3 heteroatoms. The fraction of sp³-hybridized carbons (Fsp3) is 0.643. The van der Waals surface area contributed by atoms with Gasteiger partial charge in [0, 0.05) is 16.8 Å². The smallest absolute Gasteiger partial charge is 0.228 e. The van der Waals surface area contributed by atoms with Crippen LogP contribution in [0.3, 0.4) is 0 Å². The molecule has 2 rings (SSSR count). The molecule has 0 spiro atoms. The van der Waals surface area contributed by atoms with Crippen LogP contribution in [0.2, 0.25) is 0 Å². The van der Waals surface area contributed by atoms with Gasteiger partial charge in [-0.25, -0.2) is 0 Å². The third kappa shape index (κ3) is 2.25. The van der Waals surface area contributed by atoms with Gasteiger partial charge < -0.3 is 4.90 Å². The van der Waals surface area contributed by atoms with Crippen LogP contribution in [0, 0.1) is 5.41 Å². The van der Waals surface area contributed by atoms with Gasteiger partial charge in [0.2, 0.25) is 5.91 Å². The molecule has 2 nitrogen and oxygen atoms in total. The van der Waals surface area contributed by atoms with Crippen LogP contribution < -0.4 is 0 Å². The van der Waals surface area contributed by atoms with Gasteiger partial charge in [0.25, 0.3) is 0 Å². The third-order valence-electron chi connectivity index (χ3n) is 3.38. The second-order valence-corrected chi connectivity index (χ2v) is 6.72. The summed E-state index contributed by atoms with van der Waals surface area (Å²) in [4.78, 5) is 16.0. The monoisotopic (exact) mass is 251 g/mol. The summed E-state index contributed by atoms with van der Waals surface area (Å²) in [5, 5.41) is 2.15. The summed E-state index contributed by atoms with van der Waals surface area (Å²) < 4.78 is 0. The minimum atomic E-state index is -0.277. The first kappa shape index (κ1) is 12.6. The fourth-order valence-corrected chi connectivity index (χ4v) is 3.44. The average molecular weight is 251 g/mol. The first-order chi connectivity index (χ1) is 7.95. The molecule has 0 aliphatic carbocycles. The highest BCUT2D eigenvalue weighted by molar-refractivity contribution is 7.10. The van der Waals surface area contributed by atoms with E-state index in [-0.39, 0.29) is 17.4 Å². The summed E-state index contributed by atoms with van der Waals surface area (Å²) in [6.45, 7) is 9.06. The maximum Gasteiger partial charge on any atom is 0.228 e. The van der Waals surface area contributed by atoms with Gasteiger partial charge in [-0.3, -0.25) is 4.79 Å². The number of hydrogen-bond acceptors (Lipinski definition) is 2. The van der Waals surface area contributed by atoms with Gasteiger partial charge in [-0.2, -0.15) is 0 Å². The molecular formula is C14H21NOS. The molecule has 1 aromatic rings. The molecule has 0 N–H and O–H groups in total. The summed E-state index contributed by atoms with van der Waals surface area (Å²) in [5.74, 6) is 0.279. The van der Waals surface area contributed by atoms with E-state index < -0.39 is 0 Å². The van der Waals surface area contributed by atoms with Gasteiger partial charge in [0.1, 0.15) is 0 Å². The zero-order chi connectivity index (χ0) is 12.6. The Morgan fingerprint density at radius 1 is 1.53 bits per heavy atom. The SMILES string of the molecule is CCC1c2ccsc2CCN1C(=O)C(C)(C)C. The molecule has 0 aromatic carbocycles. The van der Waals surface area contributed by atoms with Crippen LogP contribution in [0.4, 0.5) is 0 Å². The van der Waals surface area contributed by atoms with E-state index in [1.54, 1.807) is 0 Å². The molecule has 0 saturated carbocycles. The van der Waals surface area contributed by atoms with E-state index >= 15 is 0 Å². The Kier molecular flexibility index (Phi) is 3.30. The van der Waals surface area contributed by atoms with Gasteiger partial charge in [-0.05, 0) is 29.9 Å². The minimum Gasteiger partial charge on any atom is -0.335 e.